The van der Waals surface area contributed by atoms with Gasteiger partial charge in [0, 0.05) is 29.5 Å². The smallest absolute Gasteiger partial charge is 0.0409 e. The summed E-state index contributed by atoms with van der Waals surface area (Å²) in [5, 5.41) is 1.88. The van der Waals surface area contributed by atoms with Gasteiger partial charge < -0.3 is 0 Å². The van der Waals surface area contributed by atoms with Crippen LogP contribution in [0.1, 0.15) is 18.4 Å². The van der Waals surface area contributed by atoms with Gasteiger partial charge in [-0.05, 0) is 30.5 Å². The van der Waals surface area contributed by atoms with Gasteiger partial charge >= 0.3 is 0 Å². The minimum Gasteiger partial charge on any atom is -0.295 e. The molecule has 0 amide bonds. The van der Waals surface area contributed by atoms with E-state index in [1.54, 1.807) is 0 Å². The van der Waals surface area contributed by atoms with Crippen LogP contribution in [0.15, 0.2) is 24.3 Å². The van der Waals surface area contributed by atoms with Crippen molar-refractivity contribution in [1.82, 2.24) is 4.90 Å². The van der Waals surface area contributed by atoms with Gasteiger partial charge in [0.15, 0.2) is 0 Å². The van der Waals surface area contributed by atoms with Gasteiger partial charge in [-0.2, -0.15) is 0 Å². The van der Waals surface area contributed by atoms with Crippen LogP contribution >= 0.6 is 27.5 Å². The van der Waals surface area contributed by atoms with Crippen LogP contribution in [-0.4, -0.2) is 22.8 Å². The van der Waals surface area contributed by atoms with E-state index >= 15 is 0 Å². The minimum absolute atomic E-state index is 0.807. The summed E-state index contributed by atoms with van der Waals surface area (Å²) in [6.07, 6.45) is 2.71. The summed E-state index contributed by atoms with van der Waals surface area (Å²) in [5.74, 6) is 0. The highest BCUT2D eigenvalue weighted by Gasteiger charge is 2.28. The highest BCUT2D eigenvalue weighted by molar-refractivity contribution is 9.09. The van der Waals surface area contributed by atoms with Gasteiger partial charge in [0.05, 0.1) is 0 Å². The van der Waals surface area contributed by atoms with Crippen molar-refractivity contribution in [2.45, 2.75) is 25.4 Å². The Kier molecular flexibility index (Phi) is 4.06. The number of rotatable bonds is 5. The second-order valence-electron chi connectivity index (χ2n) is 4.02. The molecule has 3 heteroatoms. The molecule has 1 nitrogen and oxygen atoms in total. The van der Waals surface area contributed by atoms with Crippen LogP contribution < -0.4 is 0 Å². The number of benzene rings is 1. The summed E-state index contributed by atoms with van der Waals surface area (Å²) >= 11 is 9.48. The molecule has 0 aromatic heterocycles. The third-order valence-electron chi connectivity index (χ3n) is 2.71. The van der Waals surface area contributed by atoms with Crippen molar-refractivity contribution in [3.63, 3.8) is 0 Å². The zero-order valence-corrected chi connectivity index (χ0v) is 11.0. The second-order valence-corrected chi connectivity index (χ2v) is 5.25. The fourth-order valence-electron chi connectivity index (χ4n) is 1.81. The third kappa shape index (κ3) is 3.47. The largest absolute Gasteiger partial charge is 0.295 e. The standard InChI is InChI=1S/C12H15BrClN/c13-6-7-15(12-4-5-12)9-10-2-1-3-11(14)8-10/h1-3,8,12H,4-7,9H2. The van der Waals surface area contributed by atoms with Gasteiger partial charge in [0.2, 0.25) is 0 Å². The van der Waals surface area contributed by atoms with Crippen molar-refractivity contribution in [2.24, 2.45) is 0 Å². The number of hydrogen-bond donors (Lipinski definition) is 0. The normalized spacial score (nSPS) is 15.9. The first kappa shape index (κ1) is 11.4. The second kappa shape index (κ2) is 5.33. The van der Waals surface area contributed by atoms with Gasteiger partial charge in [-0.3, -0.25) is 4.90 Å². The Morgan fingerprint density at radius 3 is 2.80 bits per heavy atom. The predicted octanol–water partition coefficient (Wildman–Crippen LogP) is 3.70. The summed E-state index contributed by atoms with van der Waals surface area (Å²) in [5.41, 5.74) is 1.32. The molecule has 1 aromatic rings. The van der Waals surface area contributed by atoms with E-state index in [-0.39, 0.29) is 0 Å². The van der Waals surface area contributed by atoms with Gasteiger partial charge in [-0.25, -0.2) is 0 Å². The highest BCUT2D eigenvalue weighted by Crippen LogP contribution is 2.28. The molecule has 0 unspecified atom stereocenters. The number of halogens is 2. The first-order valence-corrected chi connectivity index (χ1v) is 6.84. The Bertz CT molecular complexity index is 325. The zero-order valence-electron chi connectivity index (χ0n) is 8.63. The molecule has 0 aliphatic heterocycles. The zero-order chi connectivity index (χ0) is 10.7. The van der Waals surface area contributed by atoms with Gasteiger partial charge in [0.25, 0.3) is 0 Å². The molecule has 0 spiro atoms. The molecule has 0 radical (unpaired) electrons. The summed E-state index contributed by atoms with van der Waals surface area (Å²) in [4.78, 5) is 2.53. The van der Waals surface area contributed by atoms with E-state index in [9.17, 15) is 0 Å². The molecule has 0 bridgehead atoms. The summed E-state index contributed by atoms with van der Waals surface area (Å²) in [6.45, 7) is 2.15. The quantitative estimate of drug-likeness (QED) is 0.747. The fourth-order valence-corrected chi connectivity index (χ4v) is 2.48. The van der Waals surface area contributed by atoms with Crippen molar-refractivity contribution in [2.75, 3.05) is 11.9 Å². The monoisotopic (exact) mass is 287 g/mol. The first-order valence-electron chi connectivity index (χ1n) is 5.34. The average molecular weight is 289 g/mol. The SMILES string of the molecule is Clc1cccc(CN(CCBr)C2CC2)c1. The number of nitrogens with zero attached hydrogens (tertiary/aromatic N) is 1. The molecule has 2 rings (SSSR count). The number of hydrogen-bond acceptors (Lipinski definition) is 1. The fraction of sp³-hybridized carbons (Fsp3) is 0.500. The van der Waals surface area contributed by atoms with E-state index in [1.807, 2.05) is 12.1 Å². The van der Waals surface area contributed by atoms with E-state index in [4.69, 9.17) is 11.6 Å². The molecular formula is C12H15BrClN. The highest BCUT2D eigenvalue weighted by atomic mass is 79.9. The maximum absolute atomic E-state index is 5.97. The van der Waals surface area contributed by atoms with Crippen LogP contribution in [0.2, 0.25) is 5.02 Å². The molecule has 1 saturated carbocycles. The van der Waals surface area contributed by atoms with E-state index in [1.165, 1.54) is 18.4 Å². The van der Waals surface area contributed by atoms with Crippen molar-refractivity contribution < 1.29 is 0 Å². The average Bonchev–Trinajstić information content (AvgIpc) is 3.00. The maximum atomic E-state index is 5.97. The lowest BCUT2D eigenvalue weighted by atomic mass is 10.2. The molecule has 82 valence electrons. The van der Waals surface area contributed by atoms with Crippen LogP contribution in [-0.2, 0) is 6.54 Å². The van der Waals surface area contributed by atoms with Crippen LogP contribution in [0.5, 0.6) is 0 Å². The van der Waals surface area contributed by atoms with Crippen LogP contribution in [0, 0.1) is 0 Å². The third-order valence-corrected chi connectivity index (χ3v) is 3.30. The molecular weight excluding hydrogens is 273 g/mol. The van der Waals surface area contributed by atoms with E-state index in [2.05, 4.69) is 33.0 Å². The summed E-state index contributed by atoms with van der Waals surface area (Å²) in [6, 6.07) is 8.97. The van der Waals surface area contributed by atoms with Crippen molar-refractivity contribution in [1.29, 1.82) is 0 Å². The lowest BCUT2D eigenvalue weighted by molar-refractivity contribution is 0.272. The maximum Gasteiger partial charge on any atom is 0.0409 e. The van der Waals surface area contributed by atoms with Crippen molar-refractivity contribution in [3.05, 3.63) is 34.9 Å². The van der Waals surface area contributed by atoms with Crippen LogP contribution in [0.25, 0.3) is 0 Å². The lowest BCUT2D eigenvalue weighted by Gasteiger charge is -2.20. The van der Waals surface area contributed by atoms with Gasteiger partial charge in [-0.1, -0.05) is 39.7 Å². The Morgan fingerprint density at radius 1 is 1.40 bits per heavy atom. The topological polar surface area (TPSA) is 3.24 Å². The van der Waals surface area contributed by atoms with Crippen LogP contribution in [0.4, 0.5) is 0 Å². The Balaban J connectivity index is 1.98. The number of alkyl halides is 1. The van der Waals surface area contributed by atoms with Crippen LogP contribution in [0.3, 0.4) is 0 Å². The summed E-state index contributed by atoms with van der Waals surface area (Å²) < 4.78 is 0. The molecule has 0 atom stereocenters. The Labute approximate surface area is 105 Å². The Hall–Kier alpha value is -0.0500. The van der Waals surface area contributed by atoms with E-state index < -0.39 is 0 Å². The lowest BCUT2D eigenvalue weighted by Crippen LogP contribution is -2.27. The molecule has 0 heterocycles. The van der Waals surface area contributed by atoms with Gasteiger partial charge in [-0.15, -0.1) is 0 Å². The van der Waals surface area contributed by atoms with Crippen molar-refractivity contribution >= 4 is 27.5 Å². The first-order chi connectivity index (χ1) is 7.29. The Morgan fingerprint density at radius 2 is 2.20 bits per heavy atom. The van der Waals surface area contributed by atoms with E-state index in [0.717, 1.165) is 29.5 Å². The van der Waals surface area contributed by atoms with Crippen molar-refractivity contribution in [3.8, 4) is 0 Å². The predicted molar refractivity (Wildman–Crippen MR) is 68.7 cm³/mol. The summed E-state index contributed by atoms with van der Waals surface area (Å²) in [7, 11) is 0. The molecule has 1 aromatic carbocycles. The van der Waals surface area contributed by atoms with Gasteiger partial charge in [0.1, 0.15) is 0 Å². The molecule has 15 heavy (non-hydrogen) atoms. The van der Waals surface area contributed by atoms with E-state index in [0.29, 0.717) is 0 Å². The molecule has 0 saturated heterocycles. The molecule has 1 aliphatic carbocycles. The molecule has 0 N–H and O–H groups in total. The molecule has 1 aliphatic rings. The molecule has 1 fully saturated rings. The minimum atomic E-state index is 0.807.